The molecule has 5 nitrogen and oxygen atoms in total. The summed E-state index contributed by atoms with van der Waals surface area (Å²) in [5.74, 6) is 0.944. The summed E-state index contributed by atoms with van der Waals surface area (Å²) in [7, 11) is 1.83. The lowest BCUT2D eigenvalue weighted by atomic mass is 10.2. The summed E-state index contributed by atoms with van der Waals surface area (Å²) < 4.78 is 1.67. The highest BCUT2D eigenvalue weighted by atomic mass is 35.5. The van der Waals surface area contributed by atoms with E-state index in [4.69, 9.17) is 23.2 Å². The molecule has 0 radical (unpaired) electrons. The number of hydrogen-bond donors (Lipinski definition) is 1. The Balaban J connectivity index is 1.71. The Morgan fingerprint density at radius 1 is 1.37 bits per heavy atom. The third kappa shape index (κ3) is 4.35. The quantitative estimate of drug-likeness (QED) is 0.645. The van der Waals surface area contributed by atoms with E-state index < -0.39 is 0 Å². The van der Waals surface area contributed by atoms with Gasteiger partial charge in [0.1, 0.15) is 6.54 Å². The number of benzene rings is 1. The smallest absolute Gasteiger partial charge is 0.209 e. The highest BCUT2D eigenvalue weighted by Gasteiger charge is 2.05. The molecular formula is C11H14Cl2N5S+. The van der Waals surface area contributed by atoms with Crippen molar-refractivity contribution in [2.45, 2.75) is 11.7 Å². The minimum Gasteiger partial charge on any atom is -0.342 e. The number of aromatic nitrogens is 4. The summed E-state index contributed by atoms with van der Waals surface area (Å²) in [6.45, 7) is 1.81. The van der Waals surface area contributed by atoms with Crippen LogP contribution in [0, 0.1) is 0 Å². The molecule has 0 aliphatic carbocycles. The number of tetrazole rings is 1. The molecule has 1 aromatic heterocycles. The fourth-order valence-corrected chi connectivity index (χ4v) is 2.79. The molecule has 0 saturated carbocycles. The highest BCUT2D eigenvalue weighted by molar-refractivity contribution is 7.99. The second kappa shape index (κ2) is 7.09. The van der Waals surface area contributed by atoms with Crippen molar-refractivity contribution in [2.75, 3.05) is 12.3 Å². The summed E-state index contributed by atoms with van der Waals surface area (Å²) >= 11 is 13.6. The van der Waals surface area contributed by atoms with Gasteiger partial charge in [-0.05, 0) is 22.6 Å². The van der Waals surface area contributed by atoms with Gasteiger partial charge in [-0.2, -0.15) is 0 Å². The first-order valence-electron chi connectivity index (χ1n) is 5.77. The van der Waals surface area contributed by atoms with Crippen LogP contribution in [0.2, 0.25) is 10.0 Å². The molecule has 2 rings (SSSR count). The second-order valence-corrected chi connectivity index (χ2v) is 5.86. The molecule has 0 aliphatic heterocycles. The predicted octanol–water partition coefficient (Wildman–Crippen LogP) is 1.37. The minimum absolute atomic E-state index is 0.666. The van der Waals surface area contributed by atoms with Crippen LogP contribution in [0.4, 0.5) is 0 Å². The maximum Gasteiger partial charge on any atom is 0.209 e. The van der Waals surface area contributed by atoms with Crippen LogP contribution < -0.4 is 5.32 Å². The number of hydrogen-bond acceptors (Lipinski definition) is 4. The number of rotatable bonds is 6. The Morgan fingerprint density at radius 3 is 2.89 bits per heavy atom. The molecule has 0 unspecified atom stereocenters. The Labute approximate surface area is 125 Å². The second-order valence-electron chi connectivity index (χ2n) is 3.95. The van der Waals surface area contributed by atoms with Crippen LogP contribution in [0.25, 0.3) is 0 Å². The summed E-state index contributed by atoms with van der Waals surface area (Å²) in [5, 5.41) is 15.7. The Morgan fingerprint density at radius 2 is 2.21 bits per heavy atom. The van der Waals surface area contributed by atoms with Crippen LogP contribution >= 0.6 is 35.0 Å². The number of quaternary nitrogens is 1. The van der Waals surface area contributed by atoms with Crippen molar-refractivity contribution in [1.29, 1.82) is 0 Å². The zero-order valence-corrected chi connectivity index (χ0v) is 12.7. The van der Waals surface area contributed by atoms with Gasteiger partial charge < -0.3 is 5.32 Å². The first-order valence-corrected chi connectivity index (χ1v) is 7.51. The molecule has 19 heavy (non-hydrogen) atoms. The van der Waals surface area contributed by atoms with Crippen molar-refractivity contribution in [3.8, 4) is 0 Å². The number of halogens is 2. The summed E-state index contributed by atoms with van der Waals surface area (Å²) in [5.41, 5.74) is 1.09. The van der Waals surface area contributed by atoms with E-state index >= 15 is 0 Å². The van der Waals surface area contributed by atoms with Gasteiger partial charge in [0.25, 0.3) is 0 Å². The van der Waals surface area contributed by atoms with Crippen LogP contribution in [0.3, 0.4) is 0 Å². The summed E-state index contributed by atoms with van der Waals surface area (Å²) in [6.07, 6.45) is 0. The maximum atomic E-state index is 6.10. The zero-order chi connectivity index (χ0) is 13.7. The van der Waals surface area contributed by atoms with Gasteiger partial charge in [0.2, 0.25) is 5.16 Å². The molecule has 0 aliphatic rings. The molecule has 102 valence electrons. The van der Waals surface area contributed by atoms with E-state index in [0.717, 1.165) is 29.6 Å². The average molecular weight is 319 g/mol. The van der Waals surface area contributed by atoms with Crippen LogP contribution in [0.5, 0.6) is 0 Å². The monoisotopic (exact) mass is 318 g/mol. The Kier molecular flexibility index (Phi) is 5.45. The molecule has 1 aromatic carbocycles. The molecule has 2 aromatic rings. The van der Waals surface area contributed by atoms with Gasteiger partial charge in [-0.1, -0.05) is 41.0 Å². The molecule has 0 fully saturated rings. The van der Waals surface area contributed by atoms with Crippen molar-refractivity contribution in [2.24, 2.45) is 7.05 Å². The lowest BCUT2D eigenvalue weighted by Gasteiger charge is -2.04. The van der Waals surface area contributed by atoms with Crippen molar-refractivity contribution >= 4 is 35.0 Å². The highest BCUT2D eigenvalue weighted by Crippen LogP contribution is 2.19. The average Bonchev–Trinajstić information content (AvgIpc) is 2.77. The van der Waals surface area contributed by atoms with E-state index in [9.17, 15) is 0 Å². The third-order valence-electron chi connectivity index (χ3n) is 2.51. The largest absolute Gasteiger partial charge is 0.342 e. The van der Waals surface area contributed by atoms with Gasteiger partial charge in [-0.3, -0.25) is 0 Å². The standard InChI is InChI=1S/C11H13Cl2N5S/c1-18-11(15-16-17-18)19-5-4-14-7-8-2-3-9(12)6-10(8)13/h2-3,6,14H,4-5,7H2,1H3/p+1. The topological polar surface area (TPSA) is 60.2 Å². The molecule has 0 saturated heterocycles. The SMILES string of the molecule is Cn1nnnc1SCC[NH2+]Cc1ccc(Cl)cc1Cl. The van der Waals surface area contributed by atoms with Crippen molar-refractivity contribution < 1.29 is 5.32 Å². The van der Waals surface area contributed by atoms with E-state index in [0.29, 0.717) is 10.0 Å². The predicted molar refractivity (Wildman–Crippen MR) is 76.5 cm³/mol. The lowest BCUT2D eigenvalue weighted by molar-refractivity contribution is -0.666. The molecule has 0 amide bonds. The van der Waals surface area contributed by atoms with E-state index in [1.165, 1.54) is 0 Å². The Hall–Kier alpha value is -0.820. The van der Waals surface area contributed by atoms with Crippen LogP contribution in [0.1, 0.15) is 5.56 Å². The molecular weight excluding hydrogens is 305 g/mol. The molecule has 0 spiro atoms. The van der Waals surface area contributed by atoms with Gasteiger partial charge >= 0.3 is 0 Å². The molecule has 0 bridgehead atoms. The van der Waals surface area contributed by atoms with Crippen LogP contribution in [-0.2, 0) is 13.6 Å². The normalized spacial score (nSPS) is 10.9. The number of thioether (sulfide) groups is 1. The van der Waals surface area contributed by atoms with Crippen LogP contribution in [0.15, 0.2) is 23.4 Å². The van der Waals surface area contributed by atoms with E-state index in [-0.39, 0.29) is 0 Å². The first-order chi connectivity index (χ1) is 9.16. The van der Waals surface area contributed by atoms with Crippen LogP contribution in [-0.4, -0.2) is 32.5 Å². The Bertz CT molecular complexity index is 546. The van der Waals surface area contributed by atoms with Crippen molar-refractivity contribution in [3.63, 3.8) is 0 Å². The van der Waals surface area contributed by atoms with Gasteiger partial charge in [0, 0.05) is 17.6 Å². The van der Waals surface area contributed by atoms with Gasteiger partial charge in [0.05, 0.1) is 17.3 Å². The van der Waals surface area contributed by atoms with E-state index in [1.54, 1.807) is 22.5 Å². The van der Waals surface area contributed by atoms with Gasteiger partial charge in [-0.15, -0.1) is 5.10 Å². The fraction of sp³-hybridized carbons (Fsp3) is 0.364. The zero-order valence-electron chi connectivity index (χ0n) is 10.4. The fourth-order valence-electron chi connectivity index (χ4n) is 1.52. The summed E-state index contributed by atoms with van der Waals surface area (Å²) in [6, 6.07) is 5.59. The van der Waals surface area contributed by atoms with Crippen molar-refractivity contribution in [1.82, 2.24) is 20.2 Å². The summed E-state index contributed by atoms with van der Waals surface area (Å²) in [4.78, 5) is 0. The lowest BCUT2D eigenvalue weighted by Crippen LogP contribution is -2.83. The number of aryl methyl sites for hydroxylation is 1. The van der Waals surface area contributed by atoms with Crippen molar-refractivity contribution in [3.05, 3.63) is 33.8 Å². The number of nitrogens with zero attached hydrogens (tertiary/aromatic N) is 4. The maximum absolute atomic E-state index is 6.10. The number of nitrogens with two attached hydrogens (primary N) is 1. The third-order valence-corrected chi connectivity index (χ3v) is 4.14. The van der Waals surface area contributed by atoms with Gasteiger partial charge in [0.15, 0.2) is 0 Å². The minimum atomic E-state index is 0.666. The van der Waals surface area contributed by atoms with E-state index in [2.05, 4.69) is 20.8 Å². The first kappa shape index (κ1) is 14.6. The molecule has 2 N–H and O–H groups in total. The molecule has 8 heteroatoms. The van der Waals surface area contributed by atoms with E-state index in [1.807, 2.05) is 19.2 Å². The molecule has 1 heterocycles. The molecule has 0 atom stereocenters. The van der Waals surface area contributed by atoms with Gasteiger partial charge in [-0.25, -0.2) is 4.68 Å².